The number of halogens is 2. The van der Waals surface area contributed by atoms with Crippen molar-refractivity contribution in [2.24, 2.45) is 0 Å². The molecule has 0 saturated carbocycles. The molecule has 118 valence electrons. The van der Waals surface area contributed by atoms with Crippen LogP contribution in [0.25, 0.3) is 0 Å². The lowest BCUT2D eigenvalue weighted by molar-refractivity contribution is -0.121. The van der Waals surface area contributed by atoms with Gasteiger partial charge in [0.2, 0.25) is 5.91 Å². The number of hydrogen-bond donors (Lipinski definition) is 2. The molecule has 1 aliphatic heterocycles. The zero-order valence-electron chi connectivity index (χ0n) is 12.1. The van der Waals surface area contributed by atoms with Crippen molar-refractivity contribution < 1.29 is 9.53 Å². The van der Waals surface area contributed by atoms with Crippen molar-refractivity contribution in [3.05, 3.63) is 29.3 Å². The lowest BCUT2D eigenvalue weighted by Gasteiger charge is -2.16. The van der Waals surface area contributed by atoms with Gasteiger partial charge in [-0.25, -0.2) is 0 Å². The molecule has 0 radical (unpaired) electrons. The van der Waals surface area contributed by atoms with Gasteiger partial charge in [0.05, 0.1) is 6.54 Å². The van der Waals surface area contributed by atoms with Crippen molar-refractivity contribution in [2.75, 3.05) is 13.1 Å². The lowest BCUT2D eigenvalue weighted by atomic mass is 10.1. The summed E-state index contributed by atoms with van der Waals surface area (Å²) in [7, 11) is 0. The minimum Gasteiger partial charge on any atom is -0.489 e. The monoisotopic (exact) mass is 332 g/mol. The van der Waals surface area contributed by atoms with Crippen LogP contribution in [-0.2, 0) is 4.79 Å². The van der Waals surface area contributed by atoms with Crippen LogP contribution in [0.4, 0.5) is 0 Å². The third kappa shape index (κ3) is 6.55. The Morgan fingerprint density at radius 2 is 2.19 bits per heavy atom. The van der Waals surface area contributed by atoms with E-state index in [0.717, 1.165) is 25.1 Å². The summed E-state index contributed by atoms with van der Waals surface area (Å²) < 4.78 is 5.70. The SMILES string of the molecule is CC(CNC(=O)CC1CCCN1)Oc1ccc(Cl)cc1.Cl. The Morgan fingerprint density at radius 1 is 1.48 bits per heavy atom. The molecule has 1 aromatic carbocycles. The van der Waals surface area contributed by atoms with Crippen LogP contribution < -0.4 is 15.4 Å². The fourth-order valence-corrected chi connectivity index (χ4v) is 2.40. The molecule has 2 rings (SSSR count). The highest BCUT2D eigenvalue weighted by Crippen LogP contribution is 2.16. The molecule has 1 aliphatic rings. The van der Waals surface area contributed by atoms with Gasteiger partial charge in [0.25, 0.3) is 0 Å². The fourth-order valence-electron chi connectivity index (χ4n) is 2.27. The van der Waals surface area contributed by atoms with Gasteiger partial charge < -0.3 is 15.4 Å². The maximum Gasteiger partial charge on any atom is 0.221 e. The van der Waals surface area contributed by atoms with E-state index in [2.05, 4.69) is 10.6 Å². The number of carbonyl (C=O) groups excluding carboxylic acids is 1. The fraction of sp³-hybridized carbons (Fsp3) is 0.533. The van der Waals surface area contributed by atoms with E-state index < -0.39 is 0 Å². The summed E-state index contributed by atoms with van der Waals surface area (Å²) in [5.74, 6) is 0.838. The summed E-state index contributed by atoms with van der Waals surface area (Å²) in [6.45, 7) is 3.46. The van der Waals surface area contributed by atoms with Crippen molar-refractivity contribution in [1.29, 1.82) is 0 Å². The lowest BCUT2D eigenvalue weighted by Crippen LogP contribution is -2.37. The van der Waals surface area contributed by atoms with Crippen LogP contribution in [0.5, 0.6) is 5.75 Å². The van der Waals surface area contributed by atoms with Crippen molar-refractivity contribution in [3.63, 3.8) is 0 Å². The molecule has 0 aliphatic carbocycles. The third-order valence-electron chi connectivity index (χ3n) is 3.33. The standard InChI is InChI=1S/C15H21ClN2O2.ClH/c1-11(20-14-6-4-12(16)5-7-14)10-18-15(19)9-13-3-2-8-17-13;/h4-7,11,13,17H,2-3,8-10H2,1H3,(H,18,19);1H. The van der Waals surface area contributed by atoms with Crippen LogP contribution in [0.1, 0.15) is 26.2 Å². The number of amides is 1. The van der Waals surface area contributed by atoms with Crippen LogP contribution in [-0.4, -0.2) is 31.1 Å². The number of hydrogen-bond acceptors (Lipinski definition) is 3. The molecule has 2 N–H and O–H groups in total. The molecule has 6 heteroatoms. The molecule has 2 atom stereocenters. The van der Waals surface area contributed by atoms with Crippen molar-refractivity contribution in [3.8, 4) is 5.75 Å². The van der Waals surface area contributed by atoms with Gasteiger partial charge in [0, 0.05) is 17.5 Å². The molecule has 2 unspecified atom stereocenters. The largest absolute Gasteiger partial charge is 0.489 e. The molecule has 1 amide bonds. The average molecular weight is 333 g/mol. The predicted octanol–water partition coefficient (Wildman–Crippen LogP) is 2.79. The van der Waals surface area contributed by atoms with Gasteiger partial charge in [-0.3, -0.25) is 4.79 Å². The Morgan fingerprint density at radius 3 is 2.81 bits per heavy atom. The first-order valence-electron chi connectivity index (χ1n) is 7.06. The topological polar surface area (TPSA) is 50.4 Å². The van der Waals surface area contributed by atoms with E-state index in [1.807, 2.05) is 19.1 Å². The molecule has 1 heterocycles. The van der Waals surface area contributed by atoms with E-state index in [1.165, 1.54) is 0 Å². The normalized spacial score (nSPS) is 18.7. The first-order valence-corrected chi connectivity index (χ1v) is 7.43. The minimum absolute atomic E-state index is 0. The summed E-state index contributed by atoms with van der Waals surface area (Å²) in [4.78, 5) is 11.8. The average Bonchev–Trinajstić information content (AvgIpc) is 2.92. The number of benzene rings is 1. The summed E-state index contributed by atoms with van der Waals surface area (Å²) in [6.07, 6.45) is 2.73. The summed E-state index contributed by atoms with van der Waals surface area (Å²) >= 11 is 5.81. The van der Waals surface area contributed by atoms with Gasteiger partial charge >= 0.3 is 0 Å². The second kappa shape index (κ2) is 9.13. The first kappa shape index (κ1) is 18.1. The number of ether oxygens (including phenoxy) is 1. The van der Waals surface area contributed by atoms with E-state index in [-0.39, 0.29) is 24.4 Å². The van der Waals surface area contributed by atoms with E-state index in [1.54, 1.807) is 12.1 Å². The van der Waals surface area contributed by atoms with Crippen LogP contribution >= 0.6 is 24.0 Å². The highest BCUT2D eigenvalue weighted by Gasteiger charge is 2.17. The maximum absolute atomic E-state index is 11.8. The first-order chi connectivity index (χ1) is 9.63. The Labute approximate surface area is 137 Å². The molecular weight excluding hydrogens is 311 g/mol. The molecule has 1 aromatic rings. The van der Waals surface area contributed by atoms with Crippen molar-refractivity contribution in [2.45, 2.75) is 38.3 Å². The quantitative estimate of drug-likeness (QED) is 0.842. The van der Waals surface area contributed by atoms with E-state index in [4.69, 9.17) is 16.3 Å². The molecule has 0 aromatic heterocycles. The van der Waals surface area contributed by atoms with E-state index >= 15 is 0 Å². The highest BCUT2D eigenvalue weighted by atomic mass is 35.5. The Bertz CT molecular complexity index is 434. The third-order valence-corrected chi connectivity index (χ3v) is 3.58. The van der Waals surface area contributed by atoms with Crippen molar-refractivity contribution in [1.82, 2.24) is 10.6 Å². The minimum atomic E-state index is -0.0725. The summed E-state index contributed by atoms with van der Waals surface area (Å²) in [5.41, 5.74) is 0. The number of nitrogens with one attached hydrogen (secondary N) is 2. The predicted molar refractivity (Wildman–Crippen MR) is 87.4 cm³/mol. The molecular formula is C15H22Cl2N2O2. The molecule has 1 fully saturated rings. The number of rotatable bonds is 6. The van der Waals surface area contributed by atoms with Crippen LogP contribution in [0, 0.1) is 0 Å². The van der Waals surface area contributed by atoms with Crippen LogP contribution in [0.3, 0.4) is 0 Å². The molecule has 0 spiro atoms. The van der Waals surface area contributed by atoms with Crippen molar-refractivity contribution >= 4 is 29.9 Å². The second-order valence-corrected chi connectivity index (χ2v) is 5.62. The molecule has 0 bridgehead atoms. The smallest absolute Gasteiger partial charge is 0.221 e. The Hall–Kier alpha value is -0.970. The second-order valence-electron chi connectivity index (χ2n) is 5.18. The van der Waals surface area contributed by atoms with Gasteiger partial charge in [0.1, 0.15) is 11.9 Å². The van der Waals surface area contributed by atoms with Gasteiger partial charge in [0.15, 0.2) is 0 Å². The maximum atomic E-state index is 11.8. The van der Waals surface area contributed by atoms with Gasteiger partial charge in [-0.15, -0.1) is 12.4 Å². The summed E-state index contributed by atoms with van der Waals surface area (Å²) in [5, 5.41) is 6.91. The molecule has 21 heavy (non-hydrogen) atoms. The van der Waals surface area contributed by atoms with Crippen LogP contribution in [0.2, 0.25) is 5.02 Å². The zero-order chi connectivity index (χ0) is 14.4. The van der Waals surface area contributed by atoms with E-state index in [0.29, 0.717) is 24.0 Å². The van der Waals surface area contributed by atoms with E-state index in [9.17, 15) is 4.79 Å². The highest BCUT2D eigenvalue weighted by molar-refractivity contribution is 6.30. The van der Waals surface area contributed by atoms with Crippen LogP contribution in [0.15, 0.2) is 24.3 Å². The summed E-state index contributed by atoms with van der Waals surface area (Å²) in [6, 6.07) is 7.55. The molecule has 1 saturated heterocycles. The zero-order valence-corrected chi connectivity index (χ0v) is 13.7. The van der Waals surface area contributed by atoms with Gasteiger partial charge in [-0.1, -0.05) is 11.6 Å². The number of carbonyl (C=O) groups is 1. The Kier molecular flexibility index (Phi) is 7.86. The van der Waals surface area contributed by atoms with Gasteiger partial charge in [-0.05, 0) is 50.6 Å². The van der Waals surface area contributed by atoms with Gasteiger partial charge in [-0.2, -0.15) is 0 Å². The molecule has 4 nitrogen and oxygen atoms in total. The Balaban J connectivity index is 0.00000220.